The molecule has 1 saturated heterocycles. The predicted octanol–water partition coefficient (Wildman–Crippen LogP) is 2.12. The minimum absolute atomic E-state index is 0.0585. The van der Waals surface area contributed by atoms with Gasteiger partial charge in [0.1, 0.15) is 4.88 Å². The predicted molar refractivity (Wildman–Crippen MR) is 95.3 cm³/mol. The van der Waals surface area contributed by atoms with Crippen molar-refractivity contribution in [2.45, 2.75) is 32.6 Å². The molecule has 130 valence electrons. The zero-order valence-electron chi connectivity index (χ0n) is 14.2. The maximum atomic E-state index is 12.6. The summed E-state index contributed by atoms with van der Waals surface area (Å²) in [5.41, 5.74) is 4.79. The Morgan fingerprint density at radius 2 is 2.04 bits per heavy atom. The molecule has 1 amide bonds. The normalized spacial score (nSPS) is 15.8. The molecule has 0 saturated carbocycles. The minimum Gasteiger partial charge on any atom is -0.338 e. The highest BCUT2D eigenvalue weighted by Gasteiger charge is 2.27. The summed E-state index contributed by atoms with van der Waals surface area (Å²) in [6.07, 6.45) is 1.63. The largest absolute Gasteiger partial charge is 0.338 e. The first-order valence-corrected chi connectivity index (χ1v) is 9.19. The van der Waals surface area contributed by atoms with Crippen molar-refractivity contribution in [3.63, 3.8) is 0 Å². The minimum atomic E-state index is -0.0908. The molecule has 4 rings (SSSR count). The molecule has 4 heterocycles. The number of H-pyrrole nitrogens is 1. The smallest absolute Gasteiger partial charge is 0.272 e. The van der Waals surface area contributed by atoms with Crippen LogP contribution in [0, 0.1) is 13.8 Å². The van der Waals surface area contributed by atoms with Crippen LogP contribution in [0.15, 0.2) is 22.4 Å². The van der Waals surface area contributed by atoms with Gasteiger partial charge in [0.25, 0.3) is 11.5 Å². The van der Waals surface area contributed by atoms with Gasteiger partial charge in [-0.25, -0.2) is 14.5 Å². The summed E-state index contributed by atoms with van der Waals surface area (Å²) in [7, 11) is 0. The summed E-state index contributed by atoms with van der Waals surface area (Å²) in [5, 5.41) is 2.98. The van der Waals surface area contributed by atoms with Crippen LogP contribution < -0.4 is 5.56 Å². The van der Waals surface area contributed by atoms with Gasteiger partial charge in [-0.15, -0.1) is 11.3 Å². The first kappa shape index (κ1) is 16.0. The second-order valence-corrected chi connectivity index (χ2v) is 7.34. The van der Waals surface area contributed by atoms with E-state index in [1.807, 2.05) is 24.8 Å². The van der Waals surface area contributed by atoms with E-state index in [-0.39, 0.29) is 17.4 Å². The van der Waals surface area contributed by atoms with Gasteiger partial charge in [0.15, 0.2) is 5.65 Å². The van der Waals surface area contributed by atoms with E-state index in [4.69, 9.17) is 0 Å². The lowest BCUT2D eigenvalue weighted by molar-refractivity contribution is 0.0716. The third kappa shape index (κ3) is 2.86. The molecular formula is C17H19N5O2S. The lowest BCUT2D eigenvalue weighted by Gasteiger charge is -2.31. The average molecular weight is 357 g/mol. The van der Waals surface area contributed by atoms with E-state index in [9.17, 15) is 9.59 Å². The first-order chi connectivity index (χ1) is 12.0. The molecule has 25 heavy (non-hydrogen) atoms. The van der Waals surface area contributed by atoms with Gasteiger partial charge < -0.3 is 4.90 Å². The van der Waals surface area contributed by atoms with Crippen LogP contribution in [0.5, 0.6) is 0 Å². The zero-order valence-corrected chi connectivity index (χ0v) is 15.0. The number of fused-ring (bicyclic) bond motifs is 1. The van der Waals surface area contributed by atoms with Crippen LogP contribution in [0.3, 0.4) is 0 Å². The zero-order chi connectivity index (χ0) is 17.6. The number of nitrogens with zero attached hydrogens (tertiary/aromatic N) is 4. The molecule has 1 aliphatic rings. The fourth-order valence-corrected chi connectivity index (χ4v) is 4.14. The molecule has 1 aliphatic heterocycles. The molecule has 1 fully saturated rings. The Morgan fingerprint density at radius 3 is 2.72 bits per heavy atom. The van der Waals surface area contributed by atoms with E-state index in [0.29, 0.717) is 18.7 Å². The van der Waals surface area contributed by atoms with Gasteiger partial charge in [-0.1, -0.05) is 0 Å². The van der Waals surface area contributed by atoms with Crippen LogP contribution in [0.2, 0.25) is 0 Å². The Balaban J connectivity index is 1.51. The Bertz CT molecular complexity index is 994. The Labute approximate surface area is 148 Å². The average Bonchev–Trinajstić information content (AvgIpc) is 3.19. The molecule has 8 heteroatoms. The number of carbonyl (C=O) groups excluding carboxylic acids is 1. The van der Waals surface area contributed by atoms with Crippen molar-refractivity contribution in [2.75, 3.05) is 13.1 Å². The molecule has 3 aromatic rings. The standard InChI is InChI=1S/C17H19N5O2S/c1-10-7-14-19-13(8-15(23)22(14)20-10)12-3-5-21(6-4-12)17(24)16-11(2)18-9-25-16/h7-9,12,20H,3-6H2,1-2H3. The Kier molecular flexibility index (Phi) is 3.91. The SMILES string of the molecule is Cc1cc2nc(C3CCN(C(=O)c4scnc4C)CC3)cc(=O)n2[nH]1. The quantitative estimate of drug-likeness (QED) is 0.761. The van der Waals surface area contributed by atoms with Crippen molar-refractivity contribution in [1.29, 1.82) is 0 Å². The number of aromatic nitrogens is 4. The number of carbonyl (C=O) groups is 1. The fraction of sp³-hybridized carbons (Fsp3) is 0.412. The van der Waals surface area contributed by atoms with Crippen LogP contribution in [-0.4, -0.2) is 43.5 Å². The number of aromatic amines is 1. The van der Waals surface area contributed by atoms with E-state index in [1.54, 1.807) is 11.6 Å². The lowest BCUT2D eigenvalue weighted by atomic mass is 9.93. The Hall–Kier alpha value is -2.48. The highest BCUT2D eigenvalue weighted by Crippen LogP contribution is 2.28. The summed E-state index contributed by atoms with van der Waals surface area (Å²) >= 11 is 1.39. The number of hydrogen-bond donors (Lipinski definition) is 1. The molecule has 0 aromatic carbocycles. The van der Waals surface area contributed by atoms with Crippen molar-refractivity contribution in [1.82, 2.24) is 24.5 Å². The van der Waals surface area contributed by atoms with Gasteiger partial charge in [0, 0.05) is 36.8 Å². The summed E-state index contributed by atoms with van der Waals surface area (Å²) in [6.45, 7) is 5.11. The van der Waals surface area contributed by atoms with E-state index < -0.39 is 0 Å². The number of likely N-dealkylation sites (tertiary alicyclic amines) is 1. The lowest BCUT2D eigenvalue weighted by Crippen LogP contribution is -2.38. The second-order valence-electron chi connectivity index (χ2n) is 6.49. The number of hydrogen-bond acceptors (Lipinski definition) is 5. The van der Waals surface area contributed by atoms with Crippen LogP contribution in [0.25, 0.3) is 5.65 Å². The van der Waals surface area contributed by atoms with Gasteiger partial charge in [-0.3, -0.25) is 14.7 Å². The van der Waals surface area contributed by atoms with Gasteiger partial charge in [0.2, 0.25) is 0 Å². The summed E-state index contributed by atoms with van der Waals surface area (Å²) < 4.78 is 1.46. The number of aryl methyl sites for hydroxylation is 2. The molecule has 7 nitrogen and oxygen atoms in total. The maximum Gasteiger partial charge on any atom is 0.272 e. The molecule has 0 atom stereocenters. The van der Waals surface area contributed by atoms with Crippen LogP contribution in [0.4, 0.5) is 0 Å². The third-order valence-corrected chi connectivity index (χ3v) is 5.66. The molecule has 3 aromatic heterocycles. The van der Waals surface area contributed by atoms with Crippen LogP contribution in [-0.2, 0) is 0 Å². The van der Waals surface area contributed by atoms with Crippen molar-refractivity contribution in [2.24, 2.45) is 0 Å². The summed E-state index contributed by atoms with van der Waals surface area (Å²) in [6, 6.07) is 3.48. The summed E-state index contributed by atoms with van der Waals surface area (Å²) in [4.78, 5) is 36.2. The highest BCUT2D eigenvalue weighted by molar-refractivity contribution is 7.11. The van der Waals surface area contributed by atoms with Gasteiger partial charge in [-0.2, -0.15) is 0 Å². The van der Waals surface area contributed by atoms with E-state index in [0.717, 1.165) is 34.8 Å². The number of amides is 1. The van der Waals surface area contributed by atoms with Crippen molar-refractivity contribution < 1.29 is 4.79 Å². The van der Waals surface area contributed by atoms with E-state index in [2.05, 4.69) is 15.1 Å². The number of nitrogens with one attached hydrogen (secondary N) is 1. The van der Waals surface area contributed by atoms with E-state index >= 15 is 0 Å². The maximum absolute atomic E-state index is 12.6. The second kappa shape index (κ2) is 6.11. The van der Waals surface area contributed by atoms with Crippen LogP contribution in [0.1, 0.15) is 45.5 Å². The van der Waals surface area contributed by atoms with Crippen molar-refractivity contribution >= 4 is 22.9 Å². The molecular weight excluding hydrogens is 338 g/mol. The van der Waals surface area contributed by atoms with Crippen molar-refractivity contribution in [3.8, 4) is 0 Å². The van der Waals surface area contributed by atoms with Crippen molar-refractivity contribution in [3.05, 3.63) is 50.0 Å². The number of piperidine rings is 1. The Morgan fingerprint density at radius 1 is 1.28 bits per heavy atom. The highest BCUT2D eigenvalue weighted by atomic mass is 32.1. The van der Waals surface area contributed by atoms with Crippen LogP contribution >= 0.6 is 11.3 Å². The fourth-order valence-electron chi connectivity index (χ4n) is 3.37. The first-order valence-electron chi connectivity index (χ1n) is 8.31. The van der Waals surface area contributed by atoms with Gasteiger partial charge >= 0.3 is 0 Å². The number of rotatable bonds is 2. The molecule has 0 spiro atoms. The van der Waals surface area contributed by atoms with Gasteiger partial charge in [0.05, 0.1) is 16.9 Å². The summed E-state index contributed by atoms with van der Waals surface area (Å²) in [5.74, 6) is 0.266. The molecule has 0 radical (unpaired) electrons. The third-order valence-electron chi connectivity index (χ3n) is 4.74. The molecule has 0 unspecified atom stereocenters. The molecule has 0 bridgehead atoms. The monoisotopic (exact) mass is 357 g/mol. The van der Waals surface area contributed by atoms with Gasteiger partial charge in [-0.05, 0) is 26.7 Å². The molecule has 0 aliphatic carbocycles. The molecule has 1 N–H and O–H groups in total. The topological polar surface area (TPSA) is 83.4 Å². The number of thiazole rings is 1. The van der Waals surface area contributed by atoms with E-state index in [1.165, 1.54) is 15.9 Å².